The Kier molecular flexibility index (Phi) is 8.81. The van der Waals surface area contributed by atoms with E-state index < -0.39 is 0 Å². The van der Waals surface area contributed by atoms with Gasteiger partial charge in [-0.2, -0.15) is 0 Å². The minimum Gasteiger partial charge on any atom is -0.207 e. The van der Waals surface area contributed by atoms with E-state index >= 15 is 0 Å². The van der Waals surface area contributed by atoms with Crippen LogP contribution in [0.1, 0.15) is 32.8 Å². The predicted octanol–water partition coefficient (Wildman–Crippen LogP) is 10.2. The van der Waals surface area contributed by atoms with Gasteiger partial charge in [0, 0.05) is 20.5 Å². The van der Waals surface area contributed by atoms with Gasteiger partial charge in [0.2, 0.25) is 0 Å². The van der Waals surface area contributed by atoms with Crippen molar-refractivity contribution >= 4 is 47.1 Å². The van der Waals surface area contributed by atoms with Crippen LogP contribution in [0.4, 0.5) is 8.78 Å². The molecule has 0 radical (unpaired) electrons. The van der Waals surface area contributed by atoms with Crippen LogP contribution in [0.2, 0.25) is 10.0 Å². The molecular weight excluding hydrogens is 501 g/mol. The van der Waals surface area contributed by atoms with Crippen molar-refractivity contribution in [2.45, 2.75) is 10.5 Å². The first kappa shape index (κ1) is 25.2. The summed E-state index contributed by atoms with van der Waals surface area (Å²) in [5.74, 6) is -0.561. The van der Waals surface area contributed by atoms with Crippen molar-refractivity contribution < 1.29 is 8.78 Å². The molecule has 4 aromatic rings. The van der Waals surface area contributed by atoms with E-state index in [1.807, 2.05) is 60.7 Å². The second-order valence-corrected chi connectivity index (χ2v) is 10.1. The van der Waals surface area contributed by atoms with Crippen molar-refractivity contribution in [3.8, 4) is 0 Å². The third kappa shape index (κ3) is 7.57. The molecule has 2 unspecified atom stereocenters. The SMILES string of the molecule is Fc1ccc(C(/C=C\c2ccc(Cl)cc2)SC(/C=C\c2ccc(Cl)cc2)c2ccc(F)cc2)cc1. The third-order valence-corrected chi connectivity index (χ3v) is 7.31. The summed E-state index contributed by atoms with van der Waals surface area (Å²) < 4.78 is 27.3. The Bertz CT molecular complexity index is 1180. The minimum absolute atomic E-state index is 0.0869. The molecule has 2 atom stereocenters. The summed E-state index contributed by atoms with van der Waals surface area (Å²) in [5, 5.41) is 1.18. The zero-order valence-corrected chi connectivity index (χ0v) is 21.0. The number of thioether (sulfide) groups is 1. The Balaban J connectivity index is 1.67. The lowest BCUT2D eigenvalue weighted by Crippen LogP contribution is -1.98. The van der Waals surface area contributed by atoms with Crippen LogP contribution in [0.3, 0.4) is 0 Å². The predicted molar refractivity (Wildman–Crippen MR) is 147 cm³/mol. The number of rotatable bonds is 8. The molecule has 0 saturated carbocycles. The van der Waals surface area contributed by atoms with Crippen molar-refractivity contribution in [1.29, 1.82) is 0 Å². The van der Waals surface area contributed by atoms with E-state index in [0.717, 1.165) is 22.3 Å². The van der Waals surface area contributed by atoms with Gasteiger partial charge in [-0.05, 0) is 70.8 Å². The highest BCUT2D eigenvalue weighted by Gasteiger charge is 2.17. The maximum atomic E-state index is 13.6. The van der Waals surface area contributed by atoms with Gasteiger partial charge in [-0.1, -0.05) is 96.0 Å². The monoisotopic (exact) mass is 522 g/mol. The number of hydrogen-bond acceptors (Lipinski definition) is 1. The molecule has 0 bridgehead atoms. The molecule has 0 aliphatic heterocycles. The molecular formula is C30H22Cl2F2S. The smallest absolute Gasteiger partial charge is 0.123 e. The van der Waals surface area contributed by atoms with Gasteiger partial charge in [-0.25, -0.2) is 8.78 Å². The lowest BCUT2D eigenvalue weighted by molar-refractivity contribution is 0.627. The zero-order chi connectivity index (χ0) is 24.6. The van der Waals surface area contributed by atoms with E-state index in [1.165, 1.54) is 24.3 Å². The standard InChI is InChI=1S/C30H22Cl2F2S/c31-25-11-1-21(2-12-25)5-19-29(23-7-15-27(33)16-8-23)35-30(24-9-17-28(34)18-10-24)20-6-22-3-13-26(32)14-4-22/h1-20,29-30H/b19-5-,20-6-. The summed E-state index contributed by atoms with van der Waals surface area (Å²) in [6, 6.07) is 28.2. The van der Waals surface area contributed by atoms with Gasteiger partial charge in [-0.3, -0.25) is 0 Å². The molecule has 0 fully saturated rings. The van der Waals surface area contributed by atoms with Crippen LogP contribution in [-0.2, 0) is 0 Å². The molecule has 0 spiro atoms. The highest BCUT2D eigenvalue weighted by atomic mass is 35.5. The average molecular weight is 523 g/mol. The van der Waals surface area contributed by atoms with Crippen molar-refractivity contribution in [1.82, 2.24) is 0 Å². The highest BCUT2D eigenvalue weighted by Crippen LogP contribution is 2.43. The van der Waals surface area contributed by atoms with Crippen LogP contribution < -0.4 is 0 Å². The fraction of sp³-hybridized carbons (Fsp3) is 0.0667. The second-order valence-electron chi connectivity index (χ2n) is 7.90. The maximum Gasteiger partial charge on any atom is 0.123 e. The Morgan fingerprint density at radius 3 is 1.20 bits per heavy atom. The fourth-order valence-corrected chi connectivity index (χ4v) is 5.01. The van der Waals surface area contributed by atoms with Gasteiger partial charge in [0.05, 0.1) is 0 Å². The van der Waals surface area contributed by atoms with Crippen LogP contribution in [0.25, 0.3) is 12.2 Å². The van der Waals surface area contributed by atoms with Crippen molar-refractivity contribution in [2.24, 2.45) is 0 Å². The van der Waals surface area contributed by atoms with E-state index in [0.29, 0.717) is 10.0 Å². The molecule has 0 aliphatic carbocycles. The van der Waals surface area contributed by atoms with Crippen LogP contribution >= 0.6 is 35.0 Å². The molecule has 0 aromatic heterocycles. The molecule has 176 valence electrons. The first-order chi connectivity index (χ1) is 17.0. The summed E-state index contributed by atoms with van der Waals surface area (Å²) in [5.41, 5.74) is 3.96. The van der Waals surface area contributed by atoms with Crippen LogP contribution in [0.5, 0.6) is 0 Å². The van der Waals surface area contributed by atoms with Gasteiger partial charge in [0.1, 0.15) is 11.6 Å². The lowest BCUT2D eigenvalue weighted by atomic mass is 10.1. The first-order valence-corrected chi connectivity index (χ1v) is 12.7. The summed E-state index contributed by atoms with van der Waals surface area (Å²) in [4.78, 5) is 0. The van der Waals surface area contributed by atoms with Crippen LogP contribution in [-0.4, -0.2) is 0 Å². The Morgan fingerprint density at radius 1 is 0.514 bits per heavy atom. The Labute approximate surface area is 218 Å². The third-order valence-electron chi connectivity index (χ3n) is 5.36. The first-order valence-electron chi connectivity index (χ1n) is 11.0. The van der Waals surface area contributed by atoms with Gasteiger partial charge >= 0.3 is 0 Å². The molecule has 35 heavy (non-hydrogen) atoms. The van der Waals surface area contributed by atoms with Crippen molar-refractivity contribution in [3.05, 3.63) is 153 Å². The van der Waals surface area contributed by atoms with Crippen LogP contribution in [0, 0.1) is 11.6 Å². The lowest BCUT2D eigenvalue weighted by Gasteiger charge is -2.20. The molecule has 0 aliphatic rings. The molecule has 4 aromatic carbocycles. The summed E-state index contributed by atoms with van der Waals surface area (Å²) in [6.07, 6.45) is 8.24. The summed E-state index contributed by atoms with van der Waals surface area (Å²) >= 11 is 13.7. The Morgan fingerprint density at radius 2 is 0.857 bits per heavy atom. The molecule has 0 heterocycles. The van der Waals surface area contributed by atoms with Crippen molar-refractivity contribution in [2.75, 3.05) is 0 Å². The largest absolute Gasteiger partial charge is 0.207 e. The molecule has 5 heteroatoms. The minimum atomic E-state index is -0.281. The van der Waals surface area contributed by atoms with E-state index in [1.54, 1.807) is 36.0 Å². The highest BCUT2D eigenvalue weighted by molar-refractivity contribution is 8.00. The van der Waals surface area contributed by atoms with Gasteiger partial charge in [-0.15, -0.1) is 11.8 Å². The topological polar surface area (TPSA) is 0 Å². The van der Waals surface area contributed by atoms with Gasteiger partial charge in [0.25, 0.3) is 0 Å². The molecule has 0 saturated heterocycles. The van der Waals surface area contributed by atoms with E-state index in [4.69, 9.17) is 23.2 Å². The molecule has 4 rings (SSSR count). The zero-order valence-electron chi connectivity index (χ0n) is 18.6. The fourth-order valence-electron chi connectivity index (χ4n) is 3.48. The quantitative estimate of drug-likeness (QED) is 0.221. The molecule has 0 amide bonds. The van der Waals surface area contributed by atoms with Crippen molar-refractivity contribution in [3.63, 3.8) is 0 Å². The summed E-state index contributed by atoms with van der Waals surface area (Å²) in [7, 11) is 0. The number of hydrogen-bond donors (Lipinski definition) is 0. The van der Waals surface area contributed by atoms with Gasteiger partial charge < -0.3 is 0 Å². The van der Waals surface area contributed by atoms with Crippen LogP contribution in [0.15, 0.2) is 109 Å². The van der Waals surface area contributed by atoms with E-state index in [9.17, 15) is 8.78 Å². The number of benzene rings is 4. The van der Waals surface area contributed by atoms with E-state index in [2.05, 4.69) is 12.2 Å². The number of halogens is 4. The summed E-state index contributed by atoms with van der Waals surface area (Å²) in [6.45, 7) is 0. The molecule has 0 N–H and O–H groups in total. The average Bonchev–Trinajstić information content (AvgIpc) is 2.87. The van der Waals surface area contributed by atoms with Gasteiger partial charge in [0.15, 0.2) is 0 Å². The normalized spacial score (nSPS) is 13.4. The maximum absolute atomic E-state index is 13.6. The van der Waals surface area contributed by atoms with E-state index in [-0.39, 0.29) is 22.1 Å². The second kappa shape index (κ2) is 12.2. The Hall–Kier alpha value is -2.85. The molecule has 0 nitrogen and oxygen atoms in total.